The summed E-state index contributed by atoms with van der Waals surface area (Å²) in [6.45, 7) is 5.32. The van der Waals surface area contributed by atoms with E-state index in [0.717, 1.165) is 48.0 Å². The van der Waals surface area contributed by atoms with E-state index in [4.69, 9.17) is 4.74 Å². The van der Waals surface area contributed by atoms with E-state index in [0.29, 0.717) is 6.01 Å². The van der Waals surface area contributed by atoms with Crippen LogP contribution in [0.5, 0.6) is 6.01 Å². The molecule has 0 spiro atoms. The minimum absolute atomic E-state index is 0.0398. The highest BCUT2D eigenvalue weighted by atomic mass is 16.5. The first-order chi connectivity index (χ1) is 13.6. The number of ether oxygens (including phenoxy) is 1. The number of amides is 1. The molecule has 0 N–H and O–H groups in total. The number of piperidine rings is 1. The quantitative estimate of drug-likeness (QED) is 0.694. The number of likely N-dealkylation sites (tertiary alicyclic amines) is 1. The molecule has 1 amide bonds. The molecule has 0 saturated carbocycles. The van der Waals surface area contributed by atoms with E-state index >= 15 is 0 Å². The molecule has 1 aliphatic heterocycles. The summed E-state index contributed by atoms with van der Waals surface area (Å²) in [4.78, 5) is 27.2. The number of fused-ring (bicyclic) bond motifs is 1. The maximum absolute atomic E-state index is 12.1. The largest absolute Gasteiger partial charge is 0.460 e. The van der Waals surface area contributed by atoms with Gasteiger partial charge in [-0.2, -0.15) is 0 Å². The Bertz CT molecular complexity index is 964. The molecule has 3 heterocycles. The van der Waals surface area contributed by atoms with Gasteiger partial charge in [0.25, 0.3) is 0 Å². The molecule has 144 valence electrons. The Hall–Kier alpha value is -3.02. The molecule has 0 atom stereocenters. The summed E-state index contributed by atoms with van der Waals surface area (Å²) in [5.41, 5.74) is 2.85. The van der Waals surface area contributed by atoms with Gasteiger partial charge in [-0.3, -0.25) is 9.78 Å². The average Bonchev–Trinajstić information content (AvgIpc) is 2.74. The molecule has 0 unspecified atom stereocenters. The molecule has 6 heteroatoms. The van der Waals surface area contributed by atoms with E-state index < -0.39 is 0 Å². The summed E-state index contributed by atoms with van der Waals surface area (Å²) in [6, 6.07) is 10.5. The van der Waals surface area contributed by atoms with Crippen molar-refractivity contribution in [1.29, 1.82) is 0 Å². The van der Waals surface area contributed by atoms with Gasteiger partial charge in [-0.15, -0.1) is 0 Å². The Kier molecular flexibility index (Phi) is 5.19. The van der Waals surface area contributed by atoms with Crippen molar-refractivity contribution in [2.24, 2.45) is 5.92 Å². The van der Waals surface area contributed by atoms with Gasteiger partial charge in [0.1, 0.15) is 6.10 Å². The number of para-hydroxylation sites is 1. The van der Waals surface area contributed by atoms with Crippen LogP contribution in [0.15, 0.2) is 48.9 Å². The van der Waals surface area contributed by atoms with Crippen molar-refractivity contribution in [3.63, 3.8) is 0 Å². The van der Waals surface area contributed by atoms with E-state index in [1.807, 2.05) is 49.2 Å². The topological polar surface area (TPSA) is 68.2 Å². The summed E-state index contributed by atoms with van der Waals surface area (Å²) >= 11 is 0. The second-order valence-corrected chi connectivity index (χ2v) is 7.47. The number of carbonyl (C=O) groups is 1. The molecule has 1 saturated heterocycles. The van der Waals surface area contributed by atoms with Gasteiger partial charge in [-0.1, -0.05) is 32.0 Å². The zero-order valence-corrected chi connectivity index (χ0v) is 16.2. The van der Waals surface area contributed by atoms with Crippen LogP contribution in [0, 0.1) is 5.92 Å². The maximum Gasteiger partial charge on any atom is 0.316 e. The third-order valence-electron chi connectivity index (χ3n) is 5.07. The SMILES string of the molecule is CC(C)C(=O)N1CCC(Oc2ncc(-c3cnc4ccccc4c3)cn2)CC1. The van der Waals surface area contributed by atoms with Gasteiger partial charge in [0.05, 0.1) is 5.52 Å². The van der Waals surface area contributed by atoms with Crippen molar-refractivity contribution < 1.29 is 9.53 Å². The van der Waals surface area contributed by atoms with Crippen molar-refractivity contribution in [2.45, 2.75) is 32.8 Å². The molecular formula is C22H24N4O2. The molecular weight excluding hydrogens is 352 g/mol. The Morgan fingerprint density at radius 3 is 2.43 bits per heavy atom. The van der Waals surface area contributed by atoms with Gasteiger partial charge in [0.2, 0.25) is 5.91 Å². The highest BCUT2D eigenvalue weighted by Gasteiger charge is 2.25. The Morgan fingerprint density at radius 1 is 1.04 bits per heavy atom. The summed E-state index contributed by atoms with van der Waals surface area (Å²) < 4.78 is 5.93. The van der Waals surface area contributed by atoms with Crippen LogP contribution in [0.1, 0.15) is 26.7 Å². The fourth-order valence-electron chi connectivity index (χ4n) is 3.46. The highest BCUT2D eigenvalue weighted by molar-refractivity contribution is 5.83. The zero-order chi connectivity index (χ0) is 19.5. The van der Waals surface area contributed by atoms with Gasteiger partial charge in [0, 0.05) is 67.0 Å². The van der Waals surface area contributed by atoms with E-state index in [9.17, 15) is 4.79 Å². The number of benzene rings is 1. The van der Waals surface area contributed by atoms with Crippen LogP contribution in [-0.4, -0.2) is 45.0 Å². The van der Waals surface area contributed by atoms with Crippen LogP contribution < -0.4 is 4.74 Å². The Balaban J connectivity index is 1.39. The van der Waals surface area contributed by atoms with Crippen molar-refractivity contribution in [2.75, 3.05) is 13.1 Å². The molecule has 0 radical (unpaired) electrons. The number of hydrogen-bond acceptors (Lipinski definition) is 5. The normalized spacial score (nSPS) is 15.2. The number of rotatable bonds is 4. The van der Waals surface area contributed by atoms with E-state index in [1.165, 1.54) is 0 Å². The van der Waals surface area contributed by atoms with Crippen LogP contribution in [0.4, 0.5) is 0 Å². The number of nitrogens with zero attached hydrogens (tertiary/aromatic N) is 4. The number of aromatic nitrogens is 3. The van der Waals surface area contributed by atoms with Crippen LogP contribution >= 0.6 is 0 Å². The fourth-order valence-corrected chi connectivity index (χ4v) is 3.46. The van der Waals surface area contributed by atoms with Crippen molar-refractivity contribution in [3.05, 3.63) is 48.9 Å². The molecule has 2 aromatic heterocycles. The smallest absolute Gasteiger partial charge is 0.316 e. The average molecular weight is 376 g/mol. The molecule has 1 fully saturated rings. The monoisotopic (exact) mass is 376 g/mol. The third-order valence-corrected chi connectivity index (χ3v) is 5.07. The van der Waals surface area contributed by atoms with Crippen molar-refractivity contribution in [3.8, 4) is 17.1 Å². The van der Waals surface area contributed by atoms with E-state index in [1.54, 1.807) is 12.4 Å². The van der Waals surface area contributed by atoms with E-state index in [-0.39, 0.29) is 17.9 Å². The Morgan fingerprint density at radius 2 is 1.71 bits per heavy atom. The lowest BCUT2D eigenvalue weighted by molar-refractivity contribution is -0.136. The number of hydrogen-bond donors (Lipinski definition) is 0. The van der Waals surface area contributed by atoms with Crippen molar-refractivity contribution in [1.82, 2.24) is 19.9 Å². The van der Waals surface area contributed by atoms with Gasteiger partial charge < -0.3 is 9.64 Å². The van der Waals surface area contributed by atoms with Gasteiger partial charge in [0.15, 0.2) is 0 Å². The first-order valence-electron chi connectivity index (χ1n) is 9.73. The lowest BCUT2D eigenvalue weighted by atomic mass is 10.1. The predicted molar refractivity (Wildman–Crippen MR) is 108 cm³/mol. The van der Waals surface area contributed by atoms with Crippen LogP contribution in [0.3, 0.4) is 0 Å². The number of pyridine rings is 1. The molecule has 1 aromatic carbocycles. The lowest BCUT2D eigenvalue weighted by Crippen LogP contribution is -2.43. The molecule has 6 nitrogen and oxygen atoms in total. The molecule has 4 rings (SSSR count). The molecule has 0 bridgehead atoms. The summed E-state index contributed by atoms with van der Waals surface area (Å²) in [5, 5.41) is 1.09. The van der Waals surface area contributed by atoms with Crippen molar-refractivity contribution >= 4 is 16.8 Å². The molecule has 0 aliphatic carbocycles. The first-order valence-corrected chi connectivity index (χ1v) is 9.73. The standard InChI is InChI=1S/C22H24N4O2/c1-15(2)21(27)26-9-7-19(8-10-26)28-22-24-13-18(14-25-22)17-11-16-5-3-4-6-20(16)23-12-17/h3-6,11-15,19H,7-10H2,1-2H3. The lowest BCUT2D eigenvalue weighted by Gasteiger charge is -2.32. The highest BCUT2D eigenvalue weighted by Crippen LogP contribution is 2.23. The summed E-state index contributed by atoms with van der Waals surface area (Å²) in [6.07, 6.45) is 7.03. The maximum atomic E-state index is 12.1. The minimum Gasteiger partial charge on any atom is -0.460 e. The summed E-state index contributed by atoms with van der Waals surface area (Å²) in [7, 11) is 0. The predicted octanol–water partition coefficient (Wildman–Crippen LogP) is 3.72. The second kappa shape index (κ2) is 7.92. The zero-order valence-electron chi connectivity index (χ0n) is 16.2. The van der Waals surface area contributed by atoms with Crippen LogP contribution in [-0.2, 0) is 4.79 Å². The van der Waals surface area contributed by atoms with Gasteiger partial charge in [-0.25, -0.2) is 9.97 Å². The molecule has 3 aromatic rings. The second-order valence-electron chi connectivity index (χ2n) is 7.47. The summed E-state index contributed by atoms with van der Waals surface area (Å²) in [5.74, 6) is 0.251. The minimum atomic E-state index is 0.0398. The van der Waals surface area contributed by atoms with E-state index in [2.05, 4.69) is 21.0 Å². The Labute approximate surface area is 164 Å². The van der Waals surface area contributed by atoms with Gasteiger partial charge >= 0.3 is 6.01 Å². The molecule has 28 heavy (non-hydrogen) atoms. The molecule has 1 aliphatic rings. The third kappa shape index (κ3) is 3.96. The number of carbonyl (C=O) groups excluding carboxylic acids is 1. The van der Waals surface area contributed by atoms with Crippen LogP contribution in [0.25, 0.3) is 22.0 Å². The fraction of sp³-hybridized carbons (Fsp3) is 0.364. The van der Waals surface area contributed by atoms with Gasteiger partial charge in [-0.05, 0) is 12.1 Å². The van der Waals surface area contributed by atoms with Crippen LogP contribution in [0.2, 0.25) is 0 Å². The first kappa shape index (κ1) is 18.3.